The second-order valence-corrected chi connectivity index (χ2v) is 8.72. The van der Waals surface area contributed by atoms with Crippen molar-refractivity contribution in [2.75, 3.05) is 46.0 Å². The fourth-order valence-electron chi connectivity index (χ4n) is 4.19. The molecule has 0 aliphatic carbocycles. The maximum atomic E-state index is 10.6. The first-order valence-corrected chi connectivity index (χ1v) is 11.4. The molecule has 3 aliphatic heterocycles. The number of hydrogen-bond donors (Lipinski definition) is 2. The molecule has 1 atom stereocenters. The lowest BCUT2D eigenvalue weighted by Gasteiger charge is -2.48. The molecule has 1 aromatic rings. The zero-order valence-corrected chi connectivity index (χ0v) is 19.8. The summed E-state index contributed by atoms with van der Waals surface area (Å²) in [6.07, 6.45) is -4.81. The number of aliphatic carboxylic acids is 2. The molecular weight excluding hydrogens is 516 g/mol. The lowest BCUT2D eigenvalue weighted by atomic mass is 9.88. The fourth-order valence-corrected chi connectivity index (χ4v) is 4.19. The van der Waals surface area contributed by atoms with Crippen LogP contribution in [0.4, 0.5) is 26.3 Å². The minimum atomic E-state index is -5.08. The van der Waals surface area contributed by atoms with Crippen LogP contribution < -0.4 is 0 Å². The SMILES string of the molecule is O=C(O)C(F)(F)F.O=C(O)C(F)(F)F.c1ccc(CN2CCOC3(CCN(C4CCOC4)CC3)C2)nc1. The topological polar surface area (TPSA) is 112 Å². The van der Waals surface area contributed by atoms with E-state index in [1.54, 1.807) is 0 Å². The van der Waals surface area contributed by atoms with E-state index in [2.05, 4.69) is 26.9 Å². The number of halogens is 6. The minimum Gasteiger partial charge on any atom is -0.475 e. The van der Waals surface area contributed by atoms with Crippen molar-refractivity contribution in [3.8, 4) is 0 Å². The van der Waals surface area contributed by atoms with E-state index in [1.807, 2.05) is 12.3 Å². The van der Waals surface area contributed by atoms with Crippen molar-refractivity contribution >= 4 is 11.9 Å². The number of piperidine rings is 1. The number of ether oxygens (including phenoxy) is 2. The Labute approximate surface area is 209 Å². The van der Waals surface area contributed by atoms with Gasteiger partial charge < -0.3 is 19.7 Å². The van der Waals surface area contributed by atoms with Gasteiger partial charge in [-0.05, 0) is 31.4 Å². The molecule has 3 fully saturated rings. The maximum absolute atomic E-state index is 10.6. The molecule has 2 N–H and O–H groups in total. The van der Waals surface area contributed by atoms with Gasteiger partial charge in [-0.15, -0.1) is 0 Å². The molecule has 1 unspecified atom stereocenters. The highest BCUT2D eigenvalue weighted by atomic mass is 19.4. The third kappa shape index (κ3) is 10.4. The van der Waals surface area contributed by atoms with Crippen molar-refractivity contribution < 1.29 is 55.6 Å². The Balaban J connectivity index is 0.000000286. The molecule has 0 saturated carbocycles. The van der Waals surface area contributed by atoms with Crippen LogP contribution in [-0.2, 0) is 25.6 Å². The number of carboxylic acids is 2. The van der Waals surface area contributed by atoms with Gasteiger partial charge in [0.25, 0.3) is 0 Å². The number of aromatic nitrogens is 1. The molecule has 37 heavy (non-hydrogen) atoms. The fraction of sp³-hybridized carbons (Fsp3) is 0.682. The molecular formula is C22H29F6N3O6. The summed E-state index contributed by atoms with van der Waals surface area (Å²) in [6, 6.07) is 6.80. The number of carboxylic acid groups (broad SMARTS) is 2. The van der Waals surface area contributed by atoms with E-state index in [-0.39, 0.29) is 5.60 Å². The zero-order chi connectivity index (χ0) is 27.7. The summed E-state index contributed by atoms with van der Waals surface area (Å²) in [5, 5.41) is 14.2. The molecule has 0 aromatic carbocycles. The number of hydrogen-bond acceptors (Lipinski definition) is 7. The molecule has 3 saturated heterocycles. The maximum Gasteiger partial charge on any atom is 0.490 e. The molecule has 1 spiro atoms. The molecule has 3 aliphatic rings. The van der Waals surface area contributed by atoms with Crippen molar-refractivity contribution in [1.82, 2.24) is 14.8 Å². The number of morpholine rings is 1. The van der Waals surface area contributed by atoms with E-state index in [0.29, 0.717) is 6.04 Å². The number of rotatable bonds is 3. The van der Waals surface area contributed by atoms with E-state index >= 15 is 0 Å². The van der Waals surface area contributed by atoms with Crippen LogP contribution in [0.25, 0.3) is 0 Å². The van der Waals surface area contributed by atoms with Crippen LogP contribution in [0.2, 0.25) is 0 Å². The largest absolute Gasteiger partial charge is 0.490 e. The highest BCUT2D eigenvalue weighted by Crippen LogP contribution is 2.32. The molecule has 0 amide bonds. The first-order valence-electron chi connectivity index (χ1n) is 11.4. The van der Waals surface area contributed by atoms with Crippen LogP contribution in [0.1, 0.15) is 25.0 Å². The van der Waals surface area contributed by atoms with Crippen LogP contribution in [0.3, 0.4) is 0 Å². The van der Waals surface area contributed by atoms with Gasteiger partial charge in [0.1, 0.15) is 0 Å². The number of alkyl halides is 6. The van der Waals surface area contributed by atoms with Crippen molar-refractivity contribution in [3.05, 3.63) is 30.1 Å². The highest BCUT2D eigenvalue weighted by molar-refractivity contribution is 5.73. The second-order valence-electron chi connectivity index (χ2n) is 8.72. The van der Waals surface area contributed by atoms with Gasteiger partial charge in [-0.3, -0.25) is 14.8 Å². The van der Waals surface area contributed by atoms with Crippen molar-refractivity contribution in [3.63, 3.8) is 0 Å². The van der Waals surface area contributed by atoms with Crippen LogP contribution in [0.5, 0.6) is 0 Å². The number of pyridine rings is 1. The van der Waals surface area contributed by atoms with E-state index in [1.165, 1.54) is 6.42 Å². The monoisotopic (exact) mass is 545 g/mol. The summed E-state index contributed by atoms with van der Waals surface area (Å²) >= 11 is 0. The third-order valence-corrected chi connectivity index (χ3v) is 6.06. The Morgan fingerprint density at radius 1 is 1.00 bits per heavy atom. The van der Waals surface area contributed by atoms with Crippen molar-refractivity contribution in [2.45, 2.75) is 49.8 Å². The third-order valence-electron chi connectivity index (χ3n) is 6.06. The molecule has 15 heteroatoms. The van der Waals surface area contributed by atoms with Crippen LogP contribution in [0, 0.1) is 0 Å². The van der Waals surface area contributed by atoms with Gasteiger partial charge >= 0.3 is 24.3 Å². The molecule has 0 radical (unpaired) electrons. The van der Waals surface area contributed by atoms with Crippen LogP contribution in [-0.4, -0.2) is 107 Å². The predicted molar refractivity (Wildman–Crippen MR) is 116 cm³/mol. The van der Waals surface area contributed by atoms with E-state index in [0.717, 1.165) is 71.1 Å². The molecule has 9 nitrogen and oxygen atoms in total. The standard InChI is InChI=1S/C18H27N3O2.2C2HF3O2/c1-2-7-19-16(3-1)13-20-10-12-23-18(15-20)5-8-21(9-6-18)17-4-11-22-14-17;2*3-2(4,5)1(6)7/h1-3,7,17H,4-6,8-15H2;2*(H,6,7). The summed E-state index contributed by atoms with van der Waals surface area (Å²) in [7, 11) is 0. The Bertz CT molecular complexity index is 833. The first kappa shape index (κ1) is 30.7. The van der Waals surface area contributed by atoms with Crippen molar-refractivity contribution in [2.24, 2.45) is 0 Å². The van der Waals surface area contributed by atoms with Gasteiger partial charge in [-0.2, -0.15) is 26.3 Å². The molecule has 4 rings (SSSR count). The zero-order valence-electron chi connectivity index (χ0n) is 19.8. The summed E-state index contributed by atoms with van der Waals surface area (Å²) in [5.41, 5.74) is 1.22. The number of likely N-dealkylation sites (tertiary alicyclic amines) is 1. The summed E-state index contributed by atoms with van der Waals surface area (Å²) in [5.74, 6) is -5.51. The lowest BCUT2D eigenvalue weighted by Crippen LogP contribution is -2.57. The first-order chi connectivity index (χ1) is 17.2. The Morgan fingerprint density at radius 2 is 1.59 bits per heavy atom. The Kier molecular flexibility index (Phi) is 11.1. The second kappa shape index (κ2) is 13.3. The average Bonchev–Trinajstić information content (AvgIpc) is 3.35. The van der Waals surface area contributed by atoms with E-state index in [9.17, 15) is 26.3 Å². The number of carbonyl (C=O) groups is 2. The van der Waals surface area contributed by atoms with E-state index < -0.39 is 24.3 Å². The molecule has 4 heterocycles. The smallest absolute Gasteiger partial charge is 0.475 e. The molecule has 0 bridgehead atoms. The Hall–Kier alpha value is -2.49. The molecule has 1 aromatic heterocycles. The number of nitrogens with zero attached hydrogens (tertiary/aromatic N) is 3. The predicted octanol–water partition coefficient (Wildman–Crippen LogP) is 2.80. The average molecular weight is 545 g/mol. The van der Waals surface area contributed by atoms with Gasteiger partial charge in [-0.1, -0.05) is 6.07 Å². The van der Waals surface area contributed by atoms with Gasteiger partial charge in [0.05, 0.1) is 24.5 Å². The van der Waals surface area contributed by atoms with Gasteiger partial charge in [0.15, 0.2) is 0 Å². The van der Waals surface area contributed by atoms with Crippen LogP contribution in [0.15, 0.2) is 24.4 Å². The molecule has 210 valence electrons. The van der Waals surface area contributed by atoms with Gasteiger partial charge in [-0.25, -0.2) is 9.59 Å². The summed E-state index contributed by atoms with van der Waals surface area (Å²) in [6.45, 7) is 7.97. The van der Waals surface area contributed by atoms with Crippen LogP contribution >= 0.6 is 0 Å². The van der Waals surface area contributed by atoms with Crippen molar-refractivity contribution in [1.29, 1.82) is 0 Å². The van der Waals surface area contributed by atoms with E-state index in [4.69, 9.17) is 29.3 Å². The minimum absolute atomic E-state index is 0.0585. The normalized spacial score (nSPS) is 22.4. The Morgan fingerprint density at radius 3 is 2.05 bits per heavy atom. The highest BCUT2D eigenvalue weighted by Gasteiger charge is 2.41. The summed E-state index contributed by atoms with van der Waals surface area (Å²) in [4.78, 5) is 27.4. The quantitative estimate of drug-likeness (QED) is 0.554. The van der Waals surface area contributed by atoms with Gasteiger partial charge in [0.2, 0.25) is 0 Å². The van der Waals surface area contributed by atoms with Gasteiger partial charge in [0, 0.05) is 51.6 Å². The lowest BCUT2D eigenvalue weighted by molar-refractivity contribution is -0.193. The summed E-state index contributed by atoms with van der Waals surface area (Å²) < 4.78 is 75.3.